The number of rotatable bonds is 9. The minimum absolute atomic E-state index is 0.568. The van der Waals surface area contributed by atoms with E-state index < -0.39 is 0 Å². The maximum atomic E-state index is 5.90. The summed E-state index contributed by atoms with van der Waals surface area (Å²) in [6, 6.07) is 13.3. The summed E-state index contributed by atoms with van der Waals surface area (Å²) in [6.07, 6.45) is 0.648. The average molecular weight is 388 g/mol. The molecule has 0 radical (unpaired) electrons. The average Bonchev–Trinajstić information content (AvgIpc) is 3.15. The van der Waals surface area contributed by atoms with Crippen LogP contribution in [0.1, 0.15) is 18.4 Å². The van der Waals surface area contributed by atoms with Crippen LogP contribution >= 0.6 is 11.6 Å². The van der Waals surface area contributed by atoms with Gasteiger partial charge in [-0.05, 0) is 48.9 Å². The maximum Gasteiger partial charge on any atom is 0.228 e. The molecule has 0 fully saturated rings. The Balaban J connectivity index is 1.50. The molecule has 0 spiro atoms. The Bertz CT molecular complexity index is 865. The lowest BCUT2D eigenvalue weighted by Crippen LogP contribution is -2.17. The van der Waals surface area contributed by atoms with Gasteiger partial charge < -0.3 is 19.3 Å². The van der Waals surface area contributed by atoms with E-state index in [1.807, 2.05) is 37.3 Å². The molecule has 0 aliphatic rings. The number of halogens is 1. The fraction of sp³-hybridized carbons (Fsp3) is 0.300. The largest absolute Gasteiger partial charge is 0.493 e. The minimum Gasteiger partial charge on any atom is -0.493 e. The summed E-state index contributed by atoms with van der Waals surface area (Å²) in [7, 11) is 1.64. The van der Waals surface area contributed by atoms with Gasteiger partial charge in [-0.1, -0.05) is 22.8 Å². The summed E-state index contributed by atoms with van der Waals surface area (Å²) in [5.41, 5.74) is 2.00. The Kier molecular flexibility index (Phi) is 6.68. The van der Waals surface area contributed by atoms with E-state index in [-0.39, 0.29) is 0 Å². The van der Waals surface area contributed by atoms with E-state index in [2.05, 4.69) is 15.5 Å². The van der Waals surface area contributed by atoms with E-state index in [4.69, 9.17) is 25.6 Å². The van der Waals surface area contributed by atoms with Crippen LogP contribution in [0, 0.1) is 0 Å². The van der Waals surface area contributed by atoms with Crippen LogP contribution in [-0.2, 0) is 13.0 Å². The molecule has 1 N–H and O–H groups in total. The summed E-state index contributed by atoms with van der Waals surface area (Å²) in [6.45, 7) is 3.98. The highest BCUT2D eigenvalue weighted by atomic mass is 35.5. The maximum absolute atomic E-state index is 5.90. The van der Waals surface area contributed by atoms with Gasteiger partial charge in [0, 0.05) is 30.1 Å². The Morgan fingerprint density at radius 2 is 1.93 bits per heavy atom. The molecule has 142 valence electrons. The molecule has 0 amide bonds. The quantitative estimate of drug-likeness (QED) is 0.557. The third-order valence-electron chi connectivity index (χ3n) is 3.94. The number of nitrogens with one attached hydrogen (secondary N) is 1. The van der Waals surface area contributed by atoms with Gasteiger partial charge in [-0.25, -0.2) is 0 Å². The number of hydrogen-bond donors (Lipinski definition) is 1. The van der Waals surface area contributed by atoms with E-state index in [1.165, 1.54) is 0 Å². The lowest BCUT2D eigenvalue weighted by Gasteiger charge is -2.11. The van der Waals surface area contributed by atoms with Gasteiger partial charge in [0.2, 0.25) is 11.7 Å². The van der Waals surface area contributed by atoms with Crippen LogP contribution in [0.2, 0.25) is 5.02 Å². The number of methoxy groups -OCH3 is 1. The topological polar surface area (TPSA) is 69.4 Å². The molecular weight excluding hydrogens is 366 g/mol. The molecule has 1 heterocycles. The molecule has 3 rings (SSSR count). The molecule has 7 heteroatoms. The second kappa shape index (κ2) is 9.39. The molecular formula is C20H22ClN3O3. The van der Waals surface area contributed by atoms with Gasteiger partial charge in [-0.15, -0.1) is 0 Å². The first-order chi connectivity index (χ1) is 13.2. The van der Waals surface area contributed by atoms with Crippen LogP contribution in [0.15, 0.2) is 47.0 Å². The van der Waals surface area contributed by atoms with Crippen molar-refractivity contribution in [2.24, 2.45) is 0 Å². The number of aromatic nitrogens is 2. The Labute approximate surface area is 163 Å². The summed E-state index contributed by atoms with van der Waals surface area (Å²) in [4.78, 5) is 4.42. The lowest BCUT2D eigenvalue weighted by molar-refractivity contribution is 0.310. The third kappa shape index (κ3) is 5.21. The number of benzene rings is 2. The van der Waals surface area contributed by atoms with Gasteiger partial charge >= 0.3 is 0 Å². The summed E-state index contributed by atoms with van der Waals surface area (Å²) >= 11 is 5.90. The van der Waals surface area contributed by atoms with Crippen molar-refractivity contribution in [2.75, 3.05) is 20.3 Å². The smallest absolute Gasteiger partial charge is 0.228 e. The highest BCUT2D eigenvalue weighted by Gasteiger charge is 2.09. The fourth-order valence-corrected chi connectivity index (χ4v) is 2.73. The molecule has 0 saturated heterocycles. The summed E-state index contributed by atoms with van der Waals surface area (Å²) in [5, 5.41) is 8.07. The first-order valence-corrected chi connectivity index (χ1v) is 9.16. The normalized spacial score (nSPS) is 10.8. The summed E-state index contributed by atoms with van der Waals surface area (Å²) in [5.74, 6) is 2.65. The van der Waals surface area contributed by atoms with E-state index in [0.717, 1.165) is 29.2 Å². The van der Waals surface area contributed by atoms with Gasteiger partial charge in [0.25, 0.3) is 0 Å². The Morgan fingerprint density at radius 3 is 2.67 bits per heavy atom. The van der Waals surface area contributed by atoms with Gasteiger partial charge in [-0.3, -0.25) is 0 Å². The first kappa shape index (κ1) is 19.2. The van der Waals surface area contributed by atoms with Crippen LogP contribution < -0.4 is 14.8 Å². The highest BCUT2D eigenvalue weighted by molar-refractivity contribution is 6.30. The molecule has 3 aromatic rings. The lowest BCUT2D eigenvalue weighted by atomic mass is 10.2. The molecule has 6 nitrogen and oxygen atoms in total. The van der Waals surface area contributed by atoms with Crippen molar-refractivity contribution in [1.29, 1.82) is 0 Å². The predicted octanol–water partition coefficient (Wildman–Crippen LogP) is 4.13. The molecule has 0 aliphatic carbocycles. The zero-order chi connectivity index (χ0) is 19.1. The van der Waals surface area contributed by atoms with E-state index in [0.29, 0.717) is 36.3 Å². The van der Waals surface area contributed by atoms with Crippen LogP contribution in [-0.4, -0.2) is 30.4 Å². The van der Waals surface area contributed by atoms with Crippen LogP contribution in [0.25, 0.3) is 11.4 Å². The minimum atomic E-state index is 0.568. The molecule has 0 bridgehead atoms. The Morgan fingerprint density at radius 1 is 1.11 bits per heavy atom. The van der Waals surface area contributed by atoms with E-state index in [1.54, 1.807) is 19.2 Å². The second-order valence-corrected chi connectivity index (χ2v) is 6.30. The van der Waals surface area contributed by atoms with E-state index >= 15 is 0 Å². The number of ether oxygens (including phenoxy) is 2. The Hall–Kier alpha value is -2.57. The van der Waals surface area contributed by atoms with Crippen molar-refractivity contribution < 1.29 is 14.0 Å². The van der Waals surface area contributed by atoms with Crippen molar-refractivity contribution >= 4 is 11.6 Å². The van der Waals surface area contributed by atoms with Crippen molar-refractivity contribution in [3.63, 3.8) is 0 Å². The predicted molar refractivity (Wildman–Crippen MR) is 104 cm³/mol. The standard InChI is InChI=1S/C20H22ClN3O3/c1-3-26-18-12-14(4-9-17(18)25-2)13-22-11-10-19-23-20(24-27-19)15-5-7-16(21)8-6-15/h4-9,12,22H,3,10-11,13H2,1-2H3. The third-order valence-corrected chi connectivity index (χ3v) is 4.20. The monoisotopic (exact) mass is 387 g/mol. The molecule has 27 heavy (non-hydrogen) atoms. The zero-order valence-corrected chi connectivity index (χ0v) is 16.1. The zero-order valence-electron chi connectivity index (χ0n) is 15.4. The van der Waals surface area contributed by atoms with Gasteiger partial charge in [-0.2, -0.15) is 4.98 Å². The van der Waals surface area contributed by atoms with Crippen LogP contribution in [0.5, 0.6) is 11.5 Å². The van der Waals surface area contributed by atoms with Gasteiger partial charge in [0.15, 0.2) is 11.5 Å². The number of nitrogens with zero attached hydrogens (tertiary/aromatic N) is 2. The van der Waals surface area contributed by atoms with Gasteiger partial charge in [0.05, 0.1) is 13.7 Å². The SMILES string of the molecule is CCOc1cc(CNCCc2nc(-c3ccc(Cl)cc3)no2)ccc1OC. The van der Waals surface area contributed by atoms with Gasteiger partial charge in [0.1, 0.15) is 0 Å². The molecule has 0 saturated carbocycles. The van der Waals surface area contributed by atoms with Crippen molar-refractivity contribution in [1.82, 2.24) is 15.5 Å². The first-order valence-electron chi connectivity index (χ1n) is 8.78. The molecule has 2 aromatic carbocycles. The van der Waals surface area contributed by atoms with Crippen LogP contribution in [0.3, 0.4) is 0 Å². The van der Waals surface area contributed by atoms with Crippen molar-refractivity contribution in [2.45, 2.75) is 19.9 Å². The molecule has 0 unspecified atom stereocenters. The van der Waals surface area contributed by atoms with Crippen molar-refractivity contribution in [3.05, 3.63) is 58.9 Å². The van der Waals surface area contributed by atoms with Crippen LogP contribution in [0.4, 0.5) is 0 Å². The summed E-state index contributed by atoms with van der Waals surface area (Å²) < 4.78 is 16.2. The molecule has 0 atom stereocenters. The fourth-order valence-electron chi connectivity index (χ4n) is 2.60. The van der Waals surface area contributed by atoms with Crippen molar-refractivity contribution in [3.8, 4) is 22.9 Å². The van der Waals surface area contributed by atoms with E-state index in [9.17, 15) is 0 Å². The second-order valence-electron chi connectivity index (χ2n) is 5.86. The molecule has 1 aromatic heterocycles. The molecule has 0 aliphatic heterocycles. The highest BCUT2D eigenvalue weighted by Crippen LogP contribution is 2.28. The number of hydrogen-bond acceptors (Lipinski definition) is 6.